The first-order valence-corrected chi connectivity index (χ1v) is 6.44. The van der Waals surface area contributed by atoms with Crippen molar-refractivity contribution in [3.8, 4) is 5.75 Å². The van der Waals surface area contributed by atoms with Gasteiger partial charge in [-0.3, -0.25) is 0 Å². The Morgan fingerprint density at radius 2 is 1.93 bits per heavy atom. The van der Waals surface area contributed by atoms with Crippen LogP contribution >= 0.6 is 23.2 Å². The van der Waals surface area contributed by atoms with Crippen LogP contribution in [0.25, 0.3) is 0 Å². The molecule has 2 nitrogen and oxygen atoms in total. The fourth-order valence-corrected chi connectivity index (χ4v) is 2.36. The van der Waals surface area contributed by atoms with Crippen LogP contribution in [0.1, 0.15) is 12.5 Å². The van der Waals surface area contributed by atoms with Gasteiger partial charge in [-0.25, -0.2) is 0 Å². The van der Waals surface area contributed by atoms with Crippen LogP contribution < -0.4 is 0 Å². The summed E-state index contributed by atoms with van der Waals surface area (Å²) in [6.07, 6.45) is 0. The third-order valence-electron chi connectivity index (χ3n) is 1.64. The molecular formula is C10H10Cl2CoO2. The van der Waals surface area contributed by atoms with E-state index in [1.54, 1.807) is 19.1 Å². The van der Waals surface area contributed by atoms with E-state index in [2.05, 4.69) is 6.58 Å². The molecule has 0 saturated carbocycles. The Morgan fingerprint density at radius 1 is 1.47 bits per heavy atom. The molecule has 0 spiro atoms. The van der Waals surface area contributed by atoms with Crippen LogP contribution in [0, 0.1) is 0 Å². The van der Waals surface area contributed by atoms with E-state index < -0.39 is 13.6 Å². The van der Waals surface area contributed by atoms with Crippen molar-refractivity contribution in [2.75, 3.05) is 0 Å². The standard InChI is InChI=1S/C7H5Cl2O.C3H5.Co.O/c1-4-2-5(8)7(10)6(9)3-4;1-3-2;;/h2-3,10H,1H2;1H2,2H3;;. The Hall–Kier alpha value is -0.354. The molecular weight excluding hydrogens is 282 g/mol. The molecule has 0 heterocycles. The number of phenols is 1. The Morgan fingerprint density at radius 3 is 2.33 bits per heavy atom. The minimum absolute atomic E-state index is 0.146. The van der Waals surface area contributed by atoms with Crippen LogP contribution in [-0.4, -0.2) is 5.11 Å². The number of rotatable bonds is 3. The van der Waals surface area contributed by atoms with Gasteiger partial charge < -0.3 is 0 Å². The summed E-state index contributed by atoms with van der Waals surface area (Å²) >= 11 is 9.99. The molecule has 0 unspecified atom stereocenters. The maximum absolute atomic E-state index is 11.5. The van der Waals surface area contributed by atoms with Crippen molar-refractivity contribution < 1.29 is 22.6 Å². The molecule has 1 aromatic rings. The molecule has 15 heavy (non-hydrogen) atoms. The molecule has 1 aromatic carbocycles. The summed E-state index contributed by atoms with van der Waals surface area (Å²) in [5.41, 5.74) is 0.728. The molecule has 0 aromatic heterocycles. The summed E-state index contributed by atoms with van der Waals surface area (Å²) < 4.78 is 12.1. The fraction of sp³-hybridized carbons (Fsp3) is 0.200. The van der Waals surface area contributed by atoms with Crippen LogP contribution in [0.3, 0.4) is 0 Å². The van der Waals surface area contributed by atoms with Gasteiger partial charge in [-0.1, -0.05) is 0 Å². The van der Waals surface area contributed by atoms with E-state index >= 15 is 0 Å². The van der Waals surface area contributed by atoms with Crippen molar-refractivity contribution in [3.05, 3.63) is 38.8 Å². The number of benzene rings is 1. The zero-order chi connectivity index (χ0) is 11.6. The molecule has 0 radical (unpaired) electrons. The van der Waals surface area contributed by atoms with Crippen molar-refractivity contribution in [3.63, 3.8) is 0 Å². The number of phenolic OH excluding ortho intramolecular Hbond substituents is 1. The van der Waals surface area contributed by atoms with Crippen molar-refractivity contribution in [2.24, 2.45) is 0 Å². The van der Waals surface area contributed by atoms with Gasteiger partial charge in [-0.15, -0.1) is 0 Å². The van der Waals surface area contributed by atoms with Gasteiger partial charge in [0.15, 0.2) is 0 Å². The SMILES string of the molecule is C=[C](C)[Co](=[O])[CH2]c1cc(Cl)c(O)c(Cl)c1. The molecule has 1 rings (SSSR count). The van der Waals surface area contributed by atoms with Gasteiger partial charge in [0.05, 0.1) is 0 Å². The summed E-state index contributed by atoms with van der Waals surface area (Å²) in [6, 6.07) is 3.11. The molecule has 85 valence electrons. The number of allylic oxidation sites excluding steroid dienone is 1. The second-order valence-corrected chi connectivity index (χ2v) is 5.90. The van der Waals surface area contributed by atoms with E-state index in [1.165, 1.54) is 0 Å². The number of hydrogen-bond donors (Lipinski definition) is 1. The first kappa shape index (κ1) is 12.7. The van der Waals surface area contributed by atoms with Gasteiger partial charge in [0.2, 0.25) is 0 Å². The van der Waals surface area contributed by atoms with Gasteiger partial charge in [-0.2, -0.15) is 0 Å². The molecule has 0 aliphatic rings. The van der Waals surface area contributed by atoms with E-state index in [0.29, 0.717) is 9.86 Å². The van der Waals surface area contributed by atoms with Gasteiger partial charge >= 0.3 is 103 Å². The van der Waals surface area contributed by atoms with Crippen LogP contribution in [-0.2, 0) is 22.8 Å². The van der Waals surface area contributed by atoms with Gasteiger partial charge in [-0.05, 0) is 0 Å². The van der Waals surface area contributed by atoms with Crippen molar-refractivity contribution in [1.82, 2.24) is 0 Å². The van der Waals surface area contributed by atoms with Gasteiger partial charge in [0.1, 0.15) is 0 Å². The van der Waals surface area contributed by atoms with Crippen molar-refractivity contribution >= 4 is 23.2 Å². The Balaban J connectivity index is 2.98. The van der Waals surface area contributed by atoms with Crippen LogP contribution in [0.4, 0.5) is 0 Å². The summed E-state index contributed by atoms with van der Waals surface area (Å²) in [5.74, 6) is -0.146. The van der Waals surface area contributed by atoms with Crippen LogP contribution in [0.2, 0.25) is 10.0 Å². The third kappa shape index (κ3) is 3.31. The third-order valence-corrected chi connectivity index (χ3v) is 3.96. The van der Waals surface area contributed by atoms with Crippen LogP contribution in [0.5, 0.6) is 5.75 Å². The molecule has 0 aliphatic heterocycles. The van der Waals surface area contributed by atoms with E-state index in [4.69, 9.17) is 23.2 Å². The van der Waals surface area contributed by atoms with Crippen molar-refractivity contribution in [1.29, 1.82) is 0 Å². The minimum atomic E-state index is -1.47. The summed E-state index contributed by atoms with van der Waals surface area (Å²) in [5, 5.41) is 9.99. The maximum atomic E-state index is 11.5. The van der Waals surface area contributed by atoms with Gasteiger partial charge in [0.25, 0.3) is 0 Å². The molecule has 0 bridgehead atoms. The predicted octanol–water partition coefficient (Wildman–Crippen LogP) is 3.70. The number of aromatic hydroxyl groups is 1. The van der Waals surface area contributed by atoms with Crippen LogP contribution in [0.15, 0.2) is 23.2 Å². The summed E-state index contributed by atoms with van der Waals surface area (Å²) in [6.45, 7) is 5.32. The molecule has 0 saturated heterocycles. The molecule has 0 atom stereocenters. The Kier molecular flexibility index (Phi) is 4.34. The monoisotopic (exact) mass is 291 g/mol. The average Bonchev–Trinajstić information content (AvgIpc) is 2.13. The fourth-order valence-electron chi connectivity index (χ4n) is 0.910. The van der Waals surface area contributed by atoms with E-state index in [9.17, 15) is 8.97 Å². The summed E-state index contributed by atoms with van der Waals surface area (Å²) in [7, 11) is 0. The number of halogens is 2. The molecule has 1 N–H and O–H groups in total. The number of hydrogen-bond acceptors (Lipinski definition) is 2. The first-order valence-electron chi connectivity index (χ1n) is 4.00. The average molecular weight is 292 g/mol. The second-order valence-electron chi connectivity index (χ2n) is 2.95. The predicted molar refractivity (Wildman–Crippen MR) is 57.3 cm³/mol. The normalized spacial score (nSPS) is 11.3. The van der Waals surface area contributed by atoms with Gasteiger partial charge in [0, 0.05) is 0 Å². The zero-order valence-electron chi connectivity index (χ0n) is 8.01. The Labute approximate surface area is 102 Å². The molecule has 0 fully saturated rings. The zero-order valence-corrected chi connectivity index (χ0v) is 10.6. The summed E-state index contributed by atoms with van der Waals surface area (Å²) in [4.78, 5) is 0. The topological polar surface area (TPSA) is 37.3 Å². The van der Waals surface area contributed by atoms with E-state index in [-0.39, 0.29) is 15.8 Å². The molecule has 5 heteroatoms. The quantitative estimate of drug-likeness (QED) is 0.922. The molecule has 0 amide bonds. The van der Waals surface area contributed by atoms with Crippen molar-refractivity contribution in [2.45, 2.75) is 12.3 Å². The van der Waals surface area contributed by atoms with E-state index in [1.807, 2.05) is 0 Å². The first-order chi connectivity index (χ1) is 6.91. The van der Waals surface area contributed by atoms with E-state index in [0.717, 1.165) is 5.56 Å². The Bertz CT molecular complexity index is 406. The second kappa shape index (κ2) is 5.12. The molecule has 0 aliphatic carbocycles.